The average Bonchev–Trinajstić information content (AvgIpc) is 3.16. The molecule has 0 saturated carbocycles. The molecule has 10 nitrogen and oxygen atoms in total. The van der Waals surface area contributed by atoms with Crippen molar-refractivity contribution in [3.05, 3.63) is 48.3 Å². The molecule has 3 aromatic rings. The molecular weight excluding hydrogens is 504 g/mol. The summed E-state index contributed by atoms with van der Waals surface area (Å²) in [6.45, 7) is 7.44. The molecule has 3 N–H and O–H groups in total. The first-order valence-corrected chi connectivity index (χ1v) is 14.8. The van der Waals surface area contributed by atoms with Crippen molar-refractivity contribution in [1.82, 2.24) is 4.57 Å². The molecule has 0 atom stereocenters. The summed E-state index contributed by atoms with van der Waals surface area (Å²) in [6, 6.07) is 9.78. The van der Waals surface area contributed by atoms with Crippen molar-refractivity contribution in [2.75, 3.05) is 37.5 Å². The van der Waals surface area contributed by atoms with Gasteiger partial charge in [0.2, 0.25) is 0 Å². The number of nitrogens with two attached hydrogens (primary N) is 1. The zero-order chi connectivity index (χ0) is 26.5. The Morgan fingerprint density at radius 3 is 1.92 bits per heavy atom. The third-order valence-corrected chi connectivity index (χ3v) is 9.59. The van der Waals surface area contributed by atoms with E-state index in [0.29, 0.717) is 27.8 Å². The van der Waals surface area contributed by atoms with E-state index in [2.05, 4.69) is 5.32 Å². The summed E-state index contributed by atoms with van der Waals surface area (Å²) in [5, 5.41) is 4.25. The number of aryl methyl sites for hydroxylation is 1. The molecule has 36 heavy (non-hydrogen) atoms. The highest BCUT2D eigenvalue weighted by Gasteiger charge is 2.34. The molecule has 3 rings (SSSR count). The average molecular weight is 537 g/mol. The standard InChI is InChI=1S/C24H33N3O7P2/c1-6-31-35(29,32-7-2)22-12-10-11-19-20(22)14-18(15-23(19)36(30,33-8-3)34-9-4)26-24(28)21-13-17(25)16-27(21)5/h10-16H,6-9,25H2,1-5H3,(H,26,28). The molecule has 0 radical (unpaired) electrons. The number of amides is 1. The maximum Gasteiger partial charge on any atom is 0.362 e. The predicted molar refractivity (Wildman–Crippen MR) is 143 cm³/mol. The number of nitrogens with one attached hydrogen (secondary N) is 1. The van der Waals surface area contributed by atoms with Crippen molar-refractivity contribution in [3.8, 4) is 0 Å². The van der Waals surface area contributed by atoms with E-state index in [1.165, 1.54) is 0 Å². The van der Waals surface area contributed by atoms with Crippen LogP contribution in [-0.4, -0.2) is 36.9 Å². The second kappa shape index (κ2) is 11.7. The SMILES string of the molecule is CCOP(=O)(OCC)c1cc(NC(=O)c2cc(N)cn2C)cc2c(P(=O)(OCC)OCC)cccc12. The predicted octanol–water partition coefficient (Wildman–Crippen LogP) is 4.80. The topological polar surface area (TPSA) is 131 Å². The summed E-state index contributed by atoms with van der Waals surface area (Å²) in [4.78, 5) is 13.1. The molecule has 0 fully saturated rings. The molecule has 0 saturated heterocycles. The van der Waals surface area contributed by atoms with Crippen molar-refractivity contribution in [3.63, 3.8) is 0 Å². The van der Waals surface area contributed by atoms with E-state index in [-0.39, 0.29) is 37.0 Å². The number of nitrogen functional groups attached to an aromatic ring is 1. The van der Waals surface area contributed by atoms with Gasteiger partial charge in [0.1, 0.15) is 5.69 Å². The van der Waals surface area contributed by atoms with Crippen LogP contribution in [0, 0.1) is 0 Å². The number of fused-ring (bicyclic) bond motifs is 1. The number of nitrogens with zero attached hydrogens (tertiary/aromatic N) is 1. The molecule has 0 bridgehead atoms. The van der Waals surface area contributed by atoms with Crippen molar-refractivity contribution in [2.45, 2.75) is 27.7 Å². The first-order chi connectivity index (χ1) is 17.1. The van der Waals surface area contributed by atoms with E-state index in [1.807, 2.05) is 0 Å². The van der Waals surface area contributed by atoms with Gasteiger partial charge in [-0.25, -0.2) is 0 Å². The molecule has 0 aliphatic carbocycles. The van der Waals surface area contributed by atoms with E-state index in [1.54, 1.807) is 81.9 Å². The fourth-order valence-electron chi connectivity index (χ4n) is 3.93. The highest BCUT2D eigenvalue weighted by atomic mass is 31.2. The van der Waals surface area contributed by atoms with Crippen LogP contribution < -0.4 is 21.7 Å². The Balaban J connectivity index is 2.30. The first kappa shape index (κ1) is 28.1. The van der Waals surface area contributed by atoms with Gasteiger partial charge in [0, 0.05) is 24.3 Å². The molecular formula is C24H33N3O7P2. The molecule has 1 aromatic heterocycles. The Morgan fingerprint density at radius 1 is 0.861 bits per heavy atom. The highest BCUT2D eigenvalue weighted by molar-refractivity contribution is 7.63. The normalized spacial score (nSPS) is 12.2. The monoisotopic (exact) mass is 537 g/mol. The van der Waals surface area contributed by atoms with Gasteiger partial charge >= 0.3 is 15.2 Å². The summed E-state index contributed by atoms with van der Waals surface area (Å²) in [5.74, 6) is -0.433. The van der Waals surface area contributed by atoms with Gasteiger partial charge in [-0.1, -0.05) is 12.1 Å². The maximum atomic E-state index is 13.9. The lowest BCUT2D eigenvalue weighted by Crippen LogP contribution is -2.20. The van der Waals surface area contributed by atoms with Crippen molar-refractivity contribution in [2.24, 2.45) is 7.05 Å². The minimum Gasteiger partial charge on any atom is -0.397 e. The third-order valence-electron chi connectivity index (χ3n) is 5.25. The zero-order valence-electron chi connectivity index (χ0n) is 21.1. The molecule has 1 amide bonds. The number of anilines is 2. The number of rotatable bonds is 12. The van der Waals surface area contributed by atoms with Gasteiger partial charge in [-0.05, 0) is 57.3 Å². The lowest BCUT2D eigenvalue weighted by atomic mass is 10.1. The lowest BCUT2D eigenvalue weighted by Gasteiger charge is -2.23. The Kier molecular flexibility index (Phi) is 9.17. The molecule has 0 aliphatic heterocycles. The maximum absolute atomic E-state index is 13.9. The number of hydrogen-bond acceptors (Lipinski definition) is 8. The van der Waals surface area contributed by atoms with E-state index in [9.17, 15) is 13.9 Å². The van der Waals surface area contributed by atoms with Crippen LogP contribution in [0.15, 0.2) is 42.6 Å². The number of hydrogen-bond donors (Lipinski definition) is 2. The van der Waals surface area contributed by atoms with Crippen LogP contribution >= 0.6 is 15.2 Å². The van der Waals surface area contributed by atoms with Crippen LogP contribution in [0.2, 0.25) is 0 Å². The summed E-state index contributed by atoms with van der Waals surface area (Å²) < 4.78 is 51.7. The smallest absolute Gasteiger partial charge is 0.362 e. The van der Waals surface area contributed by atoms with Gasteiger partial charge in [0.25, 0.3) is 5.91 Å². The van der Waals surface area contributed by atoms with Gasteiger partial charge < -0.3 is 33.7 Å². The second-order valence-corrected chi connectivity index (χ2v) is 11.7. The number of aromatic nitrogens is 1. The molecule has 0 spiro atoms. The van der Waals surface area contributed by atoms with Gasteiger partial charge in [0.05, 0.1) is 42.7 Å². The van der Waals surface area contributed by atoms with Crippen LogP contribution in [0.1, 0.15) is 38.2 Å². The van der Waals surface area contributed by atoms with E-state index in [0.717, 1.165) is 0 Å². The molecule has 12 heteroatoms. The van der Waals surface area contributed by atoms with Crippen LogP contribution in [0.5, 0.6) is 0 Å². The van der Waals surface area contributed by atoms with Crippen molar-refractivity contribution in [1.29, 1.82) is 0 Å². The molecule has 1 heterocycles. The van der Waals surface area contributed by atoms with E-state index < -0.39 is 21.1 Å². The third kappa shape index (κ3) is 5.75. The zero-order valence-corrected chi connectivity index (χ0v) is 22.9. The van der Waals surface area contributed by atoms with E-state index in [4.69, 9.17) is 23.8 Å². The summed E-state index contributed by atoms with van der Waals surface area (Å²) in [5.41, 5.74) is 6.90. The Hall–Kier alpha value is -2.45. The van der Waals surface area contributed by atoms with Gasteiger partial charge in [-0.15, -0.1) is 0 Å². The molecule has 196 valence electrons. The van der Waals surface area contributed by atoms with Gasteiger partial charge in [-0.3, -0.25) is 13.9 Å². The first-order valence-electron chi connectivity index (χ1n) is 11.7. The fraction of sp³-hybridized carbons (Fsp3) is 0.375. The quantitative estimate of drug-likeness (QED) is 0.315. The minimum absolute atomic E-state index is 0.133. The number of carbonyl (C=O) groups is 1. The number of benzene rings is 2. The summed E-state index contributed by atoms with van der Waals surface area (Å²) in [6.07, 6.45) is 1.62. The highest BCUT2D eigenvalue weighted by Crippen LogP contribution is 2.52. The van der Waals surface area contributed by atoms with Crippen molar-refractivity contribution >= 4 is 53.9 Å². The van der Waals surface area contributed by atoms with Crippen LogP contribution in [-0.2, 0) is 34.3 Å². The largest absolute Gasteiger partial charge is 0.397 e. The van der Waals surface area contributed by atoms with Gasteiger partial charge in [-0.2, -0.15) is 0 Å². The van der Waals surface area contributed by atoms with Gasteiger partial charge in [0.15, 0.2) is 0 Å². The van der Waals surface area contributed by atoms with E-state index >= 15 is 0 Å². The molecule has 2 aromatic carbocycles. The molecule has 0 aliphatic rings. The lowest BCUT2D eigenvalue weighted by molar-refractivity contribution is 0.101. The number of carbonyl (C=O) groups excluding carboxylic acids is 1. The Labute approximate surface area is 211 Å². The second-order valence-electron chi connectivity index (χ2n) is 7.76. The van der Waals surface area contributed by atoms with Crippen molar-refractivity contribution < 1.29 is 32.0 Å². The summed E-state index contributed by atoms with van der Waals surface area (Å²) in [7, 11) is -5.85. The minimum atomic E-state index is -3.82. The Bertz CT molecular complexity index is 1320. The summed E-state index contributed by atoms with van der Waals surface area (Å²) >= 11 is 0. The van der Waals surface area contributed by atoms with Crippen LogP contribution in [0.25, 0.3) is 10.8 Å². The molecule has 0 unspecified atom stereocenters. The fourth-order valence-corrected chi connectivity index (χ4v) is 7.53. The van der Waals surface area contributed by atoms with Crippen LogP contribution in [0.3, 0.4) is 0 Å². The Morgan fingerprint density at radius 2 is 1.42 bits per heavy atom. The van der Waals surface area contributed by atoms with Crippen LogP contribution in [0.4, 0.5) is 11.4 Å².